The Balaban J connectivity index is 1.98. The molecule has 1 fully saturated rings. The minimum absolute atomic E-state index is 0.585. The van der Waals surface area contributed by atoms with Crippen molar-refractivity contribution in [3.63, 3.8) is 0 Å². The van der Waals surface area contributed by atoms with Gasteiger partial charge >= 0.3 is 0 Å². The SMILES string of the molecule is COc1ccc(C[NH+]2CCN(S(C)(=O)=O)CC2)cc1OC. The fourth-order valence-electron chi connectivity index (χ4n) is 2.59. The number of piperazine rings is 1. The molecule has 0 radical (unpaired) electrons. The van der Waals surface area contributed by atoms with Crippen LogP contribution in [-0.4, -0.2) is 59.4 Å². The number of nitrogens with zero attached hydrogens (tertiary/aromatic N) is 1. The van der Waals surface area contributed by atoms with E-state index in [-0.39, 0.29) is 0 Å². The first-order valence-corrected chi connectivity index (χ1v) is 8.78. The van der Waals surface area contributed by atoms with Gasteiger partial charge in [-0.05, 0) is 18.2 Å². The predicted octanol–water partition coefficient (Wildman–Crippen LogP) is -0.636. The smallest absolute Gasteiger partial charge is 0.211 e. The van der Waals surface area contributed by atoms with Crippen molar-refractivity contribution < 1.29 is 22.8 Å². The minimum Gasteiger partial charge on any atom is -0.493 e. The van der Waals surface area contributed by atoms with E-state index in [1.165, 1.54) is 11.2 Å². The molecule has 0 saturated carbocycles. The number of rotatable bonds is 5. The van der Waals surface area contributed by atoms with Crippen LogP contribution in [-0.2, 0) is 16.6 Å². The first kappa shape index (κ1) is 16.1. The highest BCUT2D eigenvalue weighted by molar-refractivity contribution is 7.88. The second kappa shape index (κ2) is 6.64. The second-order valence-electron chi connectivity index (χ2n) is 5.28. The van der Waals surface area contributed by atoms with E-state index in [1.54, 1.807) is 18.5 Å². The van der Waals surface area contributed by atoms with Crippen molar-refractivity contribution in [1.29, 1.82) is 0 Å². The number of ether oxygens (including phenoxy) is 2. The lowest BCUT2D eigenvalue weighted by Crippen LogP contribution is -3.13. The van der Waals surface area contributed by atoms with Gasteiger partial charge < -0.3 is 14.4 Å². The summed E-state index contributed by atoms with van der Waals surface area (Å²) in [7, 11) is 0.184. The molecule has 6 nitrogen and oxygen atoms in total. The number of methoxy groups -OCH3 is 2. The number of benzene rings is 1. The summed E-state index contributed by atoms with van der Waals surface area (Å²) in [6.45, 7) is 3.67. The number of hydrogen-bond donors (Lipinski definition) is 1. The fraction of sp³-hybridized carbons (Fsp3) is 0.571. The molecule has 0 aliphatic carbocycles. The third kappa shape index (κ3) is 4.09. The number of sulfonamides is 1. The summed E-state index contributed by atoms with van der Waals surface area (Å²) in [6.07, 6.45) is 1.27. The van der Waals surface area contributed by atoms with Crippen molar-refractivity contribution in [2.75, 3.05) is 46.7 Å². The molecule has 1 heterocycles. The summed E-state index contributed by atoms with van der Waals surface area (Å²) in [5, 5.41) is 0. The van der Waals surface area contributed by atoms with Crippen molar-refractivity contribution >= 4 is 10.0 Å². The quantitative estimate of drug-likeness (QED) is 0.785. The van der Waals surface area contributed by atoms with E-state index in [0.29, 0.717) is 13.1 Å². The Labute approximate surface area is 126 Å². The molecular formula is C14H23N2O4S+. The van der Waals surface area contributed by atoms with Gasteiger partial charge in [-0.15, -0.1) is 0 Å². The van der Waals surface area contributed by atoms with Crippen molar-refractivity contribution in [1.82, 2.24) is 4.31 Å². The maximum absolute atomic E-state index is 11.5. The zero-order valence-electron chi connectivity index (χ0n) is 12.8. The Hall–Kier alpha value is -1.31. The van der Waals surface area contributed by atoms with Crippen molar-refractivity contribution in [2.24, 2.45) is 0 Å². The molecule has 0 spiro atoms. The van der Waals surface area contributed by atoms with Crippen LogP contribution in [0.15, 0.2) is 18.2 Å². The third-order valence-corrected chi connectivity index (χ3v) is 5.10. The molecular weight excluding hydrogens is 292 g/mol. The Kier molecular flexibility index (Phi) is 5.08. The molecule has 0 atom stereocenters. The summed E-state index contributed by atoms with van der Waals surface area (Å²) < 4.78 is 35.1. The average molecular weight is 315 g/mol. The summed E-state index contributed by atoms with van der Waals surface area (Å²) in [6, 6.07) is 5.91. The first-order chi connectivity index (χ1) is 9.94. The van der Waals surface area contributed by atoms with Crippen LogP contribution in [0.2, 0.25) is 0 Å². The van der Waals surface area contributed by atoms with Gasteiger partial charge in [0.1, 0.15) is 6.54 Å². The van der Waals surface area contributed by atoms with Gasteiger partial charge in [0.25, 0.3) is 0 Å². The van der Waals surface area contributed by atoms with Gasteiger partial charge in [0.15, 0.2) is 11.5 Å². The molecule has 0 bridgehead atoms. The summed E-state index contributed by atoms with van der Waals surface area (Å²) in [5.74, 6) is 1.45. The topological polar surface area (TPSA) is 60.3 Å². The van der Waals surface area contributed by atoms with E-state index >= 15 is 0 Å². The largest absolute Gasteiger partial charge is 0.493 e. The highest BCUT2D eigenvalue weighted by Crippen LogP contribution is 2.27. The summed E-state index contributed by atoms with van der Waals surface area (Å²) >= 11 is 0. The maximum atomic E-state index is 11.5. The number of quaternary nitrogens is 1. The Morgan fingerprint density at radius 3 is 2.29 bits per heavy atom. The molecule has 1 aromatic carbocycles. The van der Waals surface area contributed by atoms with E-state index in [9.17, 15) is 8.42 Å². The van der Waals surface area contributed by atoms with E-state index in [0.717, 1.165) is 36.7 Å². The normalized spacial score (nSPS) is 17.7. The maximum Gasteiger partial charge on any atom is 0.211 e. The molecule has 0 unspecified atom stereocenters. The minimum atomic E-state index is -3.06. The lowest BCUT2D eigenvalue weighted by atomic mass is 10.1. The average Bonchev–Trinajstić information content (AvgIpc) is 2.46. The third-order valence-electron chi connectivity index (χ3n) is 3.80. The van der Waals surface area contributed by atoms with Gasteiger partial charge in [-0.2, -0.15) is 4.31 Å². The lowest BCUT2D eigenvalue weighted by molar-refractivity contribution is -0.917. The Morgan fingerprint density at radius 1 is 1.14 bits per heavy atom. The molecule has 118 valence electrons. The highest BCUT2D eigenvalue weighted by Gasteiger charge is 2.25. The van der Waals surface area contributed by atoms with Crippen molar-refractivity contribution in [3.8, 4) is 11.5 Å². The van der Waals surface area contributed by atoms with Crippen LogP contribution in [0.4, 0.5) is 0 Å². The van der Waals surface area contributed by atoms with Gasteiger partial charge in [0.05, 0.1) is 46.7 Å². The molecule has 1 aliphatic heterocycles. The van der Waals surface area contributed by atoms with Crippen LogP contribution in [0, 0.1) is 0 Å². The Bertz CT molecular complexity index is 581. The van der Waals surface area contributed by atoms with Gasteiger partial charge in [0.2, 0.25) is 10.0 Å². The second-order valence-corrected chi connectivity index (χ2v) is 7.26. The van der Waals surface area contributed by atoms with Crippen LogP contribution < -0.4 is 14.4 Å². The zero-order chi connectivity index (χ0) is 15.5. The van der Waals surface area contributed by atoms with Gasteiger partial charge in [-0.1, -0.05) is 0 Å². The van der Waals surface area contributed by atoms with E-state index in [2.05, 4.69) is 0 Å². The van der Waals surface area contributed by atoms with Crippen molar-refractivity contribution in [2.45, 2.75) is 6.54 Å². The standard InChI is InChI=1S/C14H22N2O4S/c1-19-13-5-4-12(10-14(13)20-2)11-15-6-8-16(9-7-15)21(3,17)18/h4-5,10H,6-9,11H2,1-3H3/p+1. The summed E-state index contributed by atoms with van der Waals surface area (Å²) in [5.41, 5.74) is 1.16. The zero-order valence-corrected chi connectivity index (χ0v) is 13.6. The molecule has 21 heavy (non-hydrogen) atoms. The van der Waals surface area contributed by atoms with Gasteiger partial charge in [-0.3, -0.25) is 0 Å². The van der Waals surface area contributed by atoms with Crippen LogP contribution in [0.5, 0.6) is 11.5 Å². The van der Waals surface area contributed by atoms with E-state index < -0.39 is 10.0 Å². The van der Waals surface area contributed by atoms with Crippen LogP contribution >= 0.6 is 0 Å². The van der Waals surface area contributed by atoms with Crippen LogP contribution in [0.25, 0.3) is 0 Å². The number of hydrogen-bond acceptors (Lipinski definition) is 4. The predicted molar refractivity (Wildman–Crippen MR) is 80.4 cm³/mol. The van der Waals surface area contributed by atoms with Gasteiger partial charge in [0, 0.05) is 5.56 Å². The molecule has 1 saturated heterocycles. The lowest BCUT2D eigenvalue weighted by Gasteiger charge is -2.30. The van der Waals surface area contributed by atoms with Gasteiger partial charge in [-0.25, -0.2) is 8.42 Å². The van der Waals surface area contributed by atoms with Crippen LogP contribution in [0.1, 0.15) is 5.56 Å². The molecule has 7 heteroatoms. The molecule has 1 N–H and O–H groups in total. The first-order valence-electron chi connectivity index (χ1n) is 6.93. The summed E-state index contributed by atoms with van der Waals surface area (Å²) in [4.78, 5) is 1.38. The molecule has 0 amide bonds. The van der Waals surface area contributed by atoms with E-state index in [4.69, 9.17) is 9.47 Å². The van der Waals surface area contributed by atoms with Crippen LogP contribution in [0.3, 0.4) is 0 Å². The molecule has 1 aromatic rings. The highest BCUT2D eigenvalue weighted by atomic mass is 32.2. The Morgan fingerprint density at radius 2 is 1.76 bits per heavy atom. The van der Waals surface area contributed by atoms with Crippen molar-refractivity contribution in [3.05, 3.63) is 23.8 Å². The monoisotopic (exact) mass is 315 g/mol. The molecule has 0 aromatic heterocycles. The van der Waals surface area contributed by atoms with E-state index in [1.807, 2.05) is 18.2 Å². The molecule has 2 rings (SSSR count). The molecule has 1 aliphatic rings. The number of nitrogens with one attached hydrogen (secondary N) is 1. The fourth-order valence-corrected chi connectivity index (χ4v) is 3.44.